The van der Waals surface area contributed by atoms with Crippen molar-refractivity contribution in [2.45, 2.75) is 13.1 Å². The second-order valence-corrected chi connectivity index (χ2v) is 6.29. The van der Waals surface area contributed by atoms with E-state index in [0.717, 1.165) is 16.6 Å². The van der Waals surface area contributed by atoms with Crippen molar-refractivity contribution in [1.29, 1.82) is 0 Å². The average Bonchev–Trinajstić information content (AvgIpc) is 2.83. The van der Waals surface area contributed by atoms with E-state index < -0.39 is 10.0 Å². The zero-order valence-electron chi connectivity index (χ0n) is 11.7. The number of amides is 1. The number of aromatic nitrogens is 3. The van der Waals surface area contributed by atoms with Crippen molar-refractivity contribution in [3.8, 4) is 0 Å². The molecule has 0 aliphatic heterocycles. The summed E-state index contributed by atoms with van der Waals surface area (Å²) in [5.41, 5.74) is 0.752. The number of nitrogens with one attached hydrogen (secondary N) is 2. The molecule has 0 radical (unpaired) electrons. The summed E-state index contributed by atoms with van der Waals surface area (Å²) in [5, 5.41) is 10.2. The molecule has 0 aliphatic rings. The summed E-state index contributed by atoms with van der Waals surface area (Å²) in [5.74, 6) is -0.665. The van der Waals surface area contributed by atoms with Crippen molar-refractivity contribution < 1.29 is 17.6 Å². The van der Waals surface area contributed by atoms with E-state index in [1.54, 1.807) is 12.1 Å². The van der Waals surface area contributed by atoms with Crippen LogP contribution in [0, 0.1) is 5.82 Å². The number of rotatable bonds is 6. The van der Waals surface area contributed by atoms with Crippen LogP contribution in [0.15, 0.2) is 30.5 Å². The Labute approximate surface area is 126 Å². The van der Waals surface area contributed by atoms with Gasteiger partial charge in [-0.25, -0.2) is 12.8 Å². The molecular weight excluding hydrogens is 313 g/mol. The second-order valence-electron chi connectivity index (χ2n) is 4.54. The minimum Gasteiger partial charge on any atom is -0.350 e. The molecule has 0 fully saturated rings. The molecule has 1 amide bonds. The van der Waals surface area contributed by atoms with Gasteiger partial charge in [-0.2, -0.15) is 9.90 Å². The van der Waals surface area contributed by atoms with Gasteiger partial charge in [0.2, 0.25) is 15.9 Å². The molecule has 2 N–H and O–H groups in total. The fraction of sp³-hybridized carbons (Fsp3) is 0.250. The molecule has 0 bridgehead atoms. The molecule has 0 unspecified atom stereocenters. The van der Waals surface area contributed by atoms with Crippen LogP contribution in [0.4, 0.5) is 10.2 Å². The first-order valence-electron chi connectivity index (χ1n) is 6.21. The Balaban J connectivity index is 1.85. The van der Waals surface area contributed by atoms with Gasteiger partial charge >= 0.3 is 0 Å². The molecule has 8 nitrogen and oxygen atoms in total. The van der Waals surface area contributed by atoms with E-state index in [1.807, 2.05) is 0 Å². The van der Waals surface area contributed by atoms with Gasteiger partial charge in [0.05, 0.1) is 12.5 Å². The van der Waals surface area contributed by atoms with E-state index in [1.165, 1.54) is 18.3 Å². The topological polar surface area (TPSA) is 106 Å². The van der Waals surface area contributed by atoms with Crippen molar-refractivity contribution in [3.05, 3.63) is 41.8 Å². The van der Waals surface area contributed by atoms with Gasteiger partial charge in [-0.05, 0) is 17.7 Å². The lowest BCUT2D eigenvalue weighted by Crippen LogP contribution is -2.28. The van der Waals surface area contributed by atoms with Crippen molar-refractivity contribution >= 4 is 21.7 Å². The Hall–Kier alpha value is -2.49. The van der Waals surface area contributed by atoms with Gasteiger partial charge in [-0.1, -0.05) is 12.1 Å². The zero-order chi connectivity index (χ0) is 16.2. The van der Waals surface area contributed by atoms with Crippen LogP contribution in [0.25, 0.3) is 0 Å². The molecule has 118 valence electrons. The van der Waals surface area contributed by atoms with Crippen LogP contribution in [0.3, 0.4) is 0 Å². The van der Waals surface area contributed by atoms with Gasteiger partial charge in [0.1, 0.15) is 12.4 Å². The summed E-state index contributed by atoms with van der Waals surface area (Å²) in [6, 6.07) is 5.74. The Morgan fingerprint density at radius 1 is 1.32 bits per heavy atom. The predicted molar refractivity (Wildman–Crippen MR) is 76.7 cm³/mol. The fourth-order valence-corrected chi connectivity index (χ4v) is 2.07. The molecule has 1 heterocycles. The molecule has 1 aromatic carbocycles. The maximum Gasteiger partial charge on any atom is 0.243 e. The molecule has 22 heavy (non-hydrogen) atoms. The van der Waals surface area contributed by atoms with Gasteiger partial charge < -0.3 is 5.32 Å². The van der Waals surface area contributed by atoms with Crippen LogP contribution in [-0.2, 0) is 27.9 Å². The smallest absolute Gasteiger partial charge is 0.243 e. The third-order valence-corrected chi connectivity index (χ3v) is 3.09. The first-order chi connectivity index (χ1) is 10.3. The van der Waals surface area contributed by atoms with Crippen molar-refractivity contribution in [2.75, 3.05) is 11.0 Å². The normalized spacial score (nSPS) is 11.2. The molecular formula is C12H14FN5O3S. The third-order valence-electron chi connectivity index (χ3n) is 2.51. The van der Waals surface area contributed by atoms with Crippen LogP contribution < -0.4 is 10.0 Å². The van der Waals surface area contributed by atoms with Gasteiger partial charge in [0, 0.05) is 6.54 Å². The average molecular weight is 327 g/mol. The highest BCUT2D eigenvalue weighted by atomic mass is 32.2. The summed E-state index contributed by atoms with van der Waals surface area (Å²) in [7, 11) is -3.44. The van der Waals surface area contributed by atoms with E-state index in [4.69, 9.17) is 0 Å². The number of anilines is 1. The summed E-state index contributed by atoms with van der Waals surface area (Å²) in [4.78, 5) is 12.8. The quantitative estimate of drug-likeness (QED) is 0.783. The lowest BCUT2D eigenvalue weighted by molar-refractivity contribution is -0.122. The number of hydrogen-bond donors (Lipinski definition) is 2. The Morgan fingerprint density at radius 2 is 2.00 bits per heavy atom. The molecule has 0 spiro atoms. The minimum atomic E-state index is -3.44. The van der Waals surface area contributed by atoms with E-state index in [0.29, 0.717) is 0 Å². The van der Waals surface area contributed by atoms with Gasteiger partial charge in [-0.3, -0.25) is 9.52 Å². The second kappa shape index (κ2) is 6.52. The van der Waals surface area contributed by atoms with Crippen LogP contribution >= 0.6 is 0 Å². The summed E-state index contributed by atoms with van der Waals surface area (Å²) in [6.45, 7) is 0.0848. The Morgan fingerprint density at radius 3 is 2.64 bits per heavy atom. The molecule has 1 aromatic heterocycles. The monoisotopic (exact) mass is 327 g/mol. The maximum absolute atomic E-state index is 12.7. The molecule has 2 rings (SSSR count). The van der Waals surface area contributed by atoms with Crippen molar-refractivity contribution in [2.24, 2.45) is 0 Å². The van der Waals surface area contributed by atoms with Gasteiger partial charge in [-0.15, -0.1) is 5.10 Å². The third kappa shape index (κ3) is 5.13. The van der Waals surface area contributed by atoms with E-state index in [9.17, 15) is 17.6 Å². The fourth-order valence-electron chi connectivity index (χ4n) is 1.60. The number of sulfonamides is 1. The lowest BCUT2D eigenvalue weighted by atomic mass is 10.2. The summed E-state index contributed by atoms with van der Waals surface area (Å²) < 4.78 is 36.9. The first-order valence-corrected chi connectivity index (χ1v) is 8.10. The SMILES string of the molecule is CS(=O)(=O)Nc1cnn(CC(=O)NCc2ccc(F)cc2)n1. The first kappa shape index (κ1) is 15.9. The number of carbonyl (C=O) groups is 1. The van der Waals surface area contributed by atoms with E-state index in [-0.39, 0.29) is 30.6 Å². The Kier molecular flexibility index (Phi) is 4.71. The molecule has 0 aliphatic carbocycles. The van der Waals surface area contributed by atoms with Crippen LogP contribution in [0.1, 0.15) is 5.56 Å². The lowest BCUT2D eigenvalue weighted by Gasteiger charge is -2.05. The van der Waals surface area contributed by atoms with Gasteiger partial charge in [0.25, 0.3) is 0 Å². The Bertz CT molecular complexity index is 757. The molecule has 2 aromatic rings. The number of nitrogens with zero attached hydrogens (tertiary/aromatic N) is 3. The highest BCUT2D eigenvalue weighted by Crippen LogP contribution is 2.03. The van der Waals surface area contributed by atoms with E-state index in [2.05, 4.69) is 20.2 Å². The van der Waals surface area contributed by atoms with Crippen LogP contribution in [0.5, 0.6) is 0 Å². The molecule has 10 heteroatoms. The largest absolute Gasteiger partial charge is 0.350 e. The minimum absolute atomic E-state index is 0.0360. The molecule has 0 atom stereocenters. The number of halogens is 1. The molecule has 0 saturated carbocycles. The standard InChI is InChI=1S/C12H14FN5O3S/c1-22(20,21)17-11-7-15-18(16-11)8-12(19)14-6-9-2-4-10(13)5-3-9/h2-5,7H,6,8H2,1H3,(H,14,19)(H,16,17). The van der Waals surface area contributed by atoms with Gasteiger partial charge in [0.15, 0.2) is 5.82 Å². The van der Waals surface area contributed by atoms with E-state index >= 15 is 0 Å². The van der Waals surface area contributed by atoms with Crippen LogP contribution in [-0.4, -0.2) is 35.6 Å². The number of hydrogen-bond acceptors (Lipinski definition) is 5. The highest BCUT2D eigenvalue weighted by molar-refractivity contribution is 7.92. The molecule has 0 saturated heterocycles. The van der Waals surface area contributed by atoms with Crippen molar-refractivity contribution in [3.63, 3.8) is 0 Å². The van der Waals surface area contributed by atoms with Crippen molar-refractivity contribution in [1.82, 2.24) is 20.3 Å². The predicted octanol–water partition coefficient (Wildman–Crippen LogP) is 0.105. The number of carbonyl (C=O) groups excluding carboxylic acids is 1. The summed E-state index contributed by atoms with van der Waals surface area (Å²) in [6.07, 6.45) is 2.19. The maximum atomic E-state index is 12.7. The van der Waals surface area contributed by atoms with Crippen LogP contribution in [0.2, 0.25) is 0 Å². The zero-order valence-corrected chi connectivity index (χ0v) is 12.5. The summed E-state index contributed by atoms with van der Waals surface area (Å²) >= 11 is 0. The number of benzene rings is 1. The highest BCUT2D eigenvalue weighted by Gasteiger charge is 2.09.